The van der Waals surface area contributed by atoms with E-state index in [1.807, 2.05) is 6.92 Å². The van der Waals surface area contributed by atoms with Gasteiger partial charge in [0.1, 0.15) is 11.9 Å². The third-order valence-corrected chi connectivity index (χ3v) is 4.65. The number of esters is 1. The summed E-state index contributed by atoms with van der Waals surface area (Å²) >= 11 is 0. The van der Waals surface area contributed by atoms with Crippen LogP contribution in [0.5, 0.6) is 0 Å². The first-order valence-electron chi connectivity index (χ1n) is 9.55. The van der Waals surface area contributed by atoms with Gasteiger partial charge in [-0.2, -0.15) is 0 Å². The second kappa shape index (κ2) is 10.5. The summed E-state index contributed by atoms with van der Waals surface area (Å²) in [5.74, 6) is -0.657. The molecule has 29 heavy (non-hydrogen) atoms. The number of ether oxygens (including phenoxy) is 4. The Balaban J connectivity index is 0.00000450. The number of Topliss-reactive ketones (excluding diaryl/α,β-unsaturated/α-hetero) is 1. The van der Waals surface area contributed by atoms with E-state index in [0.29, 0.717) is 18.6 Å². The van der Waals surface area contributed by atoms with E-state index in [4.69, 9.17) is 18.9 Å². The third kappa shape index (κ3) is 5.84. The maximum atomic E-state index is 12.4. The fourth-order valence-corrected chi connectivity index (χ4v) is 3.11. The van der Waals surface area contributed by atoms with Gasteiger partial charge in [-0.3, -0.25) is 19.1 Å². The Morgan fingerprint density at radius 2 is 1.97 bits per heavy atom. The van der Waals surface area contributed by atoms with Crippen LogP contribution in [0, 0.1) is 6.92 Å². The maximum absolute atomic E-state index is 12.4. The Labute approximate surface area is 169 Å². The van der Waals surface area contributed by atoms with Crippen LogP contribution in [-0.2, 0) is 28.5 Å². The minimum absolute atomic E-state index is 0. The summed E-state index contributed by atoms with van der Waals surface area (Å²) in [5.41, 5.74) is -0.802. The monoisotopic (exact) mass is 414 g/mol. The van der Waals surface area contributed by atoms with Crippen molar-refractivity contribution in [1.82, 2.24) is 9.55 Å². The van der Waals surface area contributed by atoms with E-state index in [0.717, 1.165) is 0 Å². The molecule has 1 fully saturated rings. The van der Waals surface area contributed by atoms with Gasteiger partial charge in [0, 0.05) is 26.7 Å². The number of rotatable bonds is 10. The van der Waals surface area contributed by atoms with E-state index in [2.05, 4.69) is 4.98 Å². The summed E-state index contributed by atoms with van der Waals surface area (Å²) in [4.78, 5) is 49.7. The van der Waals surface area contributed by atoms with Gasteiger partial charge in [0.15, 0.2) is 12.3 Å². The normalized spacial score (nSPS) is 23.9. The van der Waals surface area contributed by atoms with Gasteiger partial charge in [-0.1, -0.05) is 6.92 Å². The first kappa shape index (κ1) is 23.0. The number of aromatic amines is 1. The number of nitrogens with one attached hydrogen (secondary N) is 1. The third-order valence-electron chi connectivity index (χ3n) is 4.65. The molecule has 1 unspecified atom stereocenters. The fraction of sp³-hybridized carbons (Fsp3) is 0.684. The molecule has 0 radical (unpaired) electrons. The lowest BCUT2D eigenvalue weighted by Crippen LogP contribution is -2.42. The molecule has 1 aromatic heterocycles. The molecule has 2 heterocycles. The number of hydrogen-bond acceptors (Lipinski definition) is 8. The number of H-pyrrole nitrogens is 1. The molecule has 0 aliphatic carbocycles. The van der Waals surface area contributed by atoms with Crippen LogP contribution in [0.2, 0.25) is 0 Å². The van der Waals surface area contributed by atoms with Gasteiger partial charge in [-0.25, -0.2) is 4.79 Å². The van der Waals surface area contributed by atoms with Gasteiger partial charge in [0.2, 0.25) is 0 Å². The molecule has 10 heteroatoms. The average molecular weight is 414 g/mol. The van der Waals surface area contributed by atoms with Crippen molar-refractivity contribution in [2.24, 2.45) is 0 Å². The van der Waals surface area contributed by atoms with Crippen molar-refractivity contribution in [3.8, 4) is 0 Å². The molecule has 0 saturated carbocycles. The maximum Gasteiger partial charge on any atom is 0.330 e. The van der Waals surface area contributed by atoms with Crippen molar-refractivity contribution in [3.05, 3.63) is 32.6 Å². The molecule has 10 nitrogen and oxygen atoms in total. The predicted molar refractivity (Wildman–Crippen MR) is 104 cm³/mol. The van der Waals surface area contributed by atoms with Crippen molar-refractivity contribution in [2.75, 3.05) is 20.3 Å². The Morgan fingerprint density at radius 1 is 1.24 bits per heavy atom. The highest BCUT2D eigenvalue weighted by atomic mass is 16.6. The molecule has 1 N–H and O–H groups in total. The van der Waals surface area contributed by atoms with Crippen LogP contribution < -0.4 is 11.2 Å². The molecular weight excluding hydrogens is 384 g/mol. The number of hydrogen-bond donors (Lipinski definition) is 1. The van der Waals surface area contributed by atoms with Crippen molar-refractivity contribution < 1.29 is 30.0 Å². The largest absolute Gasteiger partial charge is 0.457 e. The van der Waals surface area contributed by atoms with Crippen LogP contribution in [0.1, 0.15) is 46.3 Å². The molecule has 164 valence electrons. The van der Waals surface area contributed by atoms with Crippen molar-refractivity contribution >= 4 is 11.8 Å². The highest BCUT2D eigenvalue weighted by Crippen LogP contribution is 2.34. The summed E-state index contributed by atoms with van der Waals surface area (Å²) in [7, 11) is 1.52. The van der Waals surface area contributed by atoms with Crippen LogP contribution in [-0.4, -0.2) is 59.9 Å². The number of aryl methyl sites for hydroxylation is 1. The Morgan fingerprint density at radius 3 is 2.59 bits per heavy atom. The van der Waals surface area contributed by atoms with E-state index in [1.165, 1.54) is 24.8 Å². The second-order valence-corrected chi connectivity index (χ2v) is 6.94. The van der Waals surface area contributed by atoms with E-state index >= 15 is 0 Å². The highest BCUT2D eigenvalue weighted by molar-refractivity contribution is 5.81. The summed E-state index contributed by atoms with van der Waals surface area (Å²) in [5, 5.41) is 0. The van der Waals surface area contributed by atoms with E-state index in [9.17, 15) is 19.2 Å². The number of ketones is 1. The molecule has 1 aliphatic rings. The molecule has 1 aliphatic heterocycles. The van der Waals surface area contributed by atoms with Gasteiger partial charge < -0.3 is 23.7 Å². The summed E-state index contributed by atoms with van der Waals surface area (Å²) in [6, 6.07) is 0. The van der Waals surface area contributed by atoms with E-state index in [1.54, 1.807) is 6.92 Å². The molecule has 1 saturated heterocycles. The van der Waals surface area contributed by atoms with Crippen LogP contribution in [0.25, 0.3) is 0 Å². The number of aromatic nitrogens is 2. The van der Waals surface area contributed by atoms with Crippen LogP contribution in [0.3, 0.4) is 0 Å². The standard InChI is InChI=1S/C19H28N2O8.H2/c1-5-13-15(29-14(23)7-6-12(3)22)16(27-9-8-26-4)18(28-13)21-10-11(2)17(24)20-19(21)25;/h10,13,15-16,18H,5-9H2,1-4H3,(H,20,24,25);1H/t13-,15?,16+,18-;/m1./s1. The van der Waals surface area contributed by atoms with Gasteiger partial charge >= 0.3 is 11.7 Å². The second-order valence-electron chi connectivity index (χ2n) is 6.94. The van der Waals surface area contributed by atoms with Crippen molar-refractivity contribution in [1.29, 1.82) is 0 Å². The van der Waals surface area contributed by atoms with Gasteiger partial charge in [-0.05, 0) is 20.3 Å². The zero-order valence-electron chi connectivity index (χ0n) is 17.1. The lowest BCUT2D eigenvalue weighted by molar-refractivity contribution is -0.159. The molecule has 0 spiro atoms. The summed E-state index contributed by atoms with van der Waals surface area (Å²) < 4.78 is 23.7. The molecule has 0 amide bonds. The van der Waals surface area contributed by atoms with Crippen LogP contribution in [0.4, 0.5) is 0 Å². The average Bonchev–Trinajstić information content (AvgIpc) is 3.00. The lowest BCUT2D eigenvalue weighted by Gasteiger charge is -2.25. The van der Waals surface area contributed by atoms with Crippen LogP contribution >= 0.6 is 0 Å². The lowest BCUT2D eigenvalue weighted by atomic mass is 10.1. The van der Waals surface area contributed by atoms with Crippen LogP contribution in [0.15, 0.2) is 15.8 Å². The number of methoxy groups -OCH3 is 1. The summed E-state index contributed by atoms with van der Waals surface area (Å²) in [6.07, 6.45) is -1.05. The topological polar surface area (TPSA) is 126 Å². The zero-order valence-corrected chi connectivity index (χ0v) is 17.1. The number of carbonyl (C=O) groups excluding carboxylic acids is 2. The van der Waals surface area contributed by atoms with E-state index < -0.39 is 41.8 Å². The first-order valence-corrected chi connectivity index (χ1v) is 9.55. The van der Waals surface area contributed by atoms with Gasteiger partial charge in [0.05, 0.1) is 25.7 Å². The Kier molecular flexibility index (Phi) is 8.30. The zero-order chi connectivity index (χ0) is 21.6. The molecule has 1 aromatic rings. The quantitative estimate of drug-likeness (QED) is 0.438. The number of carbonyl (C=O) groups is 2. The molecular formula is C19H30N2O8. The smallest absolute Gasteiger partial charge is 0.330 e. The van der Waals surface area contributed by atoms with Gasteiger partial charge in [0.25, 0.3) is 5.56 Å². The molecule has 0 bridgehead atoms. The SMILES string of the molecule is CC[C@H]1O[C@@H](n2cc(C)c(=O)[nH]c2=O)[C@@H](OCCOC)C1OC(=O)CCC(C)=O.[HH]. The predicted octanol–water partition coefficient (Wildman–Crippen LogP) is 0.711. The highest BCUT2D eigenvalue weighted by Gasteiger charge is 2.48. The minimum atomic E-state index is -0.898. The Hall–Kier alpha value is -2.30. The molecule has 4 atom stereocenters. The summed E-state index contributed by atoms with van der Waals surface area (Å²) in [6.45, 7) is 5.32. The minimum Gasteiger partial charge on any atom is -0.457 e. The van der Waals surface area contributed by atoms with Crippen molar-refractivity contribution in [2.45, 2.75) is 64.6 Å². The van der Waals surface area contributed by atoms with Crippen molar-refractivity contribution in [3.63, 3.8) is 0 Å². The Bertz CT molecular complexity index is 837. The fourth-order valence-electron chi connectivity index (χ4n) is 3.11. The molecule has 0 aromatic carbocycles. The first-order chi connectivity index (χ1) is 13.8. The number of nitrogens with zero attached hydrogens (tertiary/aromatic N) is 1. The van der Waals surface area contributed by atoms with E-state index in [-0.39, 0.29) is 26.7 Å². The molecule has 2 rings (SSSR count). The van der Waals surface area contributed by atoms with Gasteiger partial charge in [-0.15, -0.1) is 0 Å².